The second kappa shape index (κ2) is 5.76. The lowest BCUT2D eigenvalue weighted by Gasteiger charge is -2.17. The van der Waals surface area contributed by atoms with Crippen molar-refractivity contribution in [2.45, 2.75) is 32.6 Å². The van der Waals surface area contributed by atoms with E-state index in [4.69, 9.17) is 5.73 Å². The van der Waals surface area contributed by atoms with Crippen molar-refractivity contribution in [3.63, 3.8) is 0 Å². The van der Waals surface area contributed by atoms with Crippen molar-refractivity contribution < 1.29 is 0 Å². The Morgan fingerprint density at radius 2 is 2.21 bits per heavy atom. The van der Waals surface area contributed by atoms with Crippen LogP contribution >= 0.6 is 0 Å². The van der Waals surface area contributed by atoms with Crippen molar-refractivity contribution in [1.29, 1.82) is 0 Å². The van der Waals surface area contributed by atoms with Crippen LogP contribution in [0.4, 0.5) is 0 Å². The zero-order chi connectivity index (χ0) is 10.4. The molecule has 0 aliphatic carbocycles. The van der Waals surface area contributed by atoms with Gasteiger partial charge in [0, 0.05) is 24.4 Å². The largest absolute Gasteiger partial charge is 0.330 e. The van der Waals surface area contributed by atoms with Crippen LogP contribution in [0.25, 0.3) is 0 Å². The van der Waals surface area contributed by atoms with Gasteiger partial charge in [0.05, 0.1) is 0 Å². The molecular formula is C12H20N2. The Bertz CT molecular complexity index is 246. The van der Waals surface area contributed by atoms with Crippen molar-refractivity contribution in [2.75, 3.05) is 6.54 Å². The summed E-state index contributed by atoms with van der Waals surface area (Å²) < 4.78 is 0. The predicted octanol–water partition coefficient (Wildman–Crippen LogP) is 2.56. The third kappa shape index (κ3) is 3.11. The van der Waals surface area contributed by atoms with Crippen LogP contribution in [0.3, 0.4) is 0 Å². The highest BCUT2D eigenvalue weighted by atomic mass is 14.7. The highest BCUT2D eigenvalue weighted by Gasteiger charge is 2.13. The summed E-state index contributed by atoms with van der Waals surface area (Å²) in [5.74, 6) is 1.15. The van der Waals surface area contributed by atoms with Crippen molar-refractivity contribution >= 4 is 0 Å². The number of nitrogens with two attached hydrogens (primary N) is 1. The van der Waals surface area contributed by atoms with Gasteiger partial charge in [0.25, 0.3) is 0 Å². The third-order valence-electron chi connectivity index (χ3n) is 2.77. The lowest BCUT2D eigenvalue weighted by molar-refractivity contribution is 0.453. The van der Waals surface area contributed by atoms with E-state index in [2.05, 4.69) is 24.9 Å². The van der Waals surface area contributed by atoms with Gasteiger partial charge >= 0.3 is 0 Å². The molecular weight excluding hydrogens is 172 g/mol. The Balaban J connectivity index is 2.63. The van der Waals surface area contributed by atoms with Gasteiger partial charge in [-0.15, -0.1) is 0 Å². The molecule has 1 aromatic rings. The topological polar surface area (TPSA) is 38.9 Å². The summed E-state index contributed by atoms with van der Waals surface area (Å²) in [7, 11) is 0. The summed E-state index contributed by atoms with van der Waals surface area (Å²) in [5, 5.41) is 0. The molecule has 0 radical (unpaired) electrons. The predicted molar refractivity (Wildman–Crippen MR) is 60.1 cm³/mol. The highest BCUT2D eigenvalue weighted by molar-refractivity contribution is 5.09. The lowest BCUT2D eigenvalue weighted by Crippen LogP contribution is -2.16. The van der Waals surface area contributed by atoms with Crippen LogP contribution in [-0.4, -0.2) is 11.5 Å². The van der Waals surface area contributed by atoms with E-state index in [0.717, 1.165) is 18.0 Å². The van der Waals surface area contributed by atoms with E-state index in [9.17, 15) is 0 Å². The fraction of sp³-hybridized carbons (Fsp3) is 0.583. The van der Waals surface area contributed by atoms with E-state index in [1.165, 1.54) is 6.42 Å². The summed E-state index contributed by atoms with van der Waals surface area (Å²) in [6, 6.07) is 6.04. The van der Waals surface area contributed by atoms with Gasteiger partial charge < -0.3 is 5.73 Å². The van der Waals surface area contributed by atoms with Crippen molar-refractivity contribution in [3.05, 3.63) is 30.1 Å². The van der Waals surface area contributed by atoms with Crippen molar-refractivity contribution in [2.24, 2.45) is 11.7 Å². The minimum atomic E-state index is 0.422. The molecule has 0 spiro atoms. The maximum Gasteiger partial charge on any atom is 0.0447 e. The number of hydrogen-bond donors (Lipinski definition) is 1. The molecule has 0 aromatic carbocycles. The van der Waals surface area contributed by atoms with E-state index in [-0.39, 0.29) is 0 Å². The molecule has 2 nitrogen and oxygen atoms in total. The van der Waals surface area contributed by atoms with Crippen LogP contribution in [0.5, 0.6) is 0 Å². The van der Waals surface area contributed by atoms with Gasteiger partial charge in [-0.2, -0.15) is 0 Å². The molecule has 0 aliphatic rings. The van der Waals surface area contributed by atoms with Gasteiger partial charge in [0.2, 0.25) is 0 Å². The lowest BCUT2D eigenvalue weighted by atomic mass is 9.91. The molecule has 0 saturated heterocycles. The molecule has 0 amide bonds. The first-order valence-corrected chi connectivity index (χ1v) is 5.38. The van der Waals surface area contributed by atoms with Gasteiger partial charge in [-0.1, -0.05) is 26.3 Å². The first-order chi connectivity index (χ1) is 6.77. The van der Waals surface area contributed by atoms with Crippen molar-refractivity contribution in [3.8, 4) is 0 Å². The Morgan fingerprint density at radius 3 is 2.71 bits per heavy atom. The second-order valence-electron chi connectivity index (χ2n) is 3.94. The molecule has 0 saturated carbocycles. The van der Waals surface area contributed by atoms with Gasteiger partial charge in [-0.05, 0) is 24.5 Å². The average Bonchev–Trinajstić information content (AvgIpc) is 2.26. The monoisotopic (exact) mass is 192 g/mol. The molecule has 2 atom stereocenters. The Hall–Kier alpha value is -0.890. The zero-order valence-electron chi connectivity index (χ0n) is 9.11. The standard InChI is InChI=1S/C12H20N2/c1-3-10(2)8-11(9-13)12-6-4-5-7-14-12/h4-7,10-11H,3,8-9,13H2,1-2H3/t10-,11-/m1/s1. The Morgan fingerprint density at radius 1 is 1.43 bits per heavy atom. The van der Waals surface area contributed by atoms with E-state index in [1.807, 2.05) is 18.3 Å². The zero-order valence-corrected chi connectivity index (χ0v) is 9.11. The van der Waals surface area contributed by atoms with Crippen LogP contribution in [0.1, 0.15) is 38.3 Å². The number of pyridine rings is 1. The SMILES string of the molecule is CC[C@@H](C)C[C@H](CN)c1ccccn1. The van der Waals surface area contributed by atoms with E-state index < -0.39 is 0 Å². The maximum absolute atomic E-state index is 5.77. The molecule has 0 aliphatic heterocycles. The maximum atomic E-state index is 5.77. The third-order valence-corrected chi connectivity index (χ3v) is 2.77. The quantitative estimate of drug-likeness (QED) is 0.778. The second-order valence-corrected chi connectivity index (χ2v) is 3.94. The van der Waals surface area contributed by atoms with Crippen LogP contribution in [0, 0.1) is 5.92 Å². The fourth-order valence-corrected chi connectivity index (χ4v) is 1.61. The molecule has 2 N–H and O–H groups in total. The van der Waals surface area contributed by atoms with Crippen LogP contribution in [-0.2, 0) is 0 Å². The molecule has 1 aromatic heterocycles. The number of rotatable bonds is 5. The molecule has 0 bridgehead atoms. The highest BCUT2D eigenvalue weighted by Crippen LogP contribution is 2.22. The number of aromatic nitrogens is 1. The van der Waals surface area contributed by atoms with Gasteiger partial charge in [-0.25, -0.2) is 0 Å². The molecule has 1 heterocycles. The molecule has 78 valence electrons. The van der Waals surface area contributed by atoms with E-state index >= 15 is 0 Å². The summed E-state index contributed by atoms with van der Waals surface area (Å²) in [6.45, 7) is 5.18. The number of hydrogen-bond acceptors (Lipinski definition) is 2. The molecule has 2 heteroatoms. The van der Waals surface area contributed by atoms with Crippen LogP contribution in [0.2, 0.25) is 0 Å². The molecule has 14 heavy (non-hydrogen) atoms. The average molecular weight is 192 g/mol. The first kappa shape index (κ1) is 11.2. The summed E-state index contributed by atoms with van der Waals surface area (Å²) >= 11 is 0. The van der Waals surface area contributed by atoms with E-state index in [0.29, 0.717) is 12.5 Å². The smallest absolute Gasteiger partial charge is 0.0447 e. The van der Waals surface area contributed by atoms with Gasteiger partial charge in [-0.3, -0.25) is 4.98 Å². The van der Waals surface area contributed by atoms with E-state index in [1.54, 1.807) is 0 Å². The van der Waals surface area contributed by atoms with Crippen molar-refractivity contribution in [1.82, 2.24) is 4.98 Å². The van der Waals surface area contributed by atoms with Gasteiger partial charge in [0.15, 0.2) is 0 Å². The van der Waals surface area contributed by atoms with Crippen LogP contribution in [0.15, 0.2) is 24.4 Å². The molecule has 1 rings (SSSR count). The summed E-state index contributed by atoms with van der Waals surface area (Å²) in [6.07, 6.45) is 4.20. The normalized spacial score (nSPS) is 15.1. The first-order valence-electron chi connectivity index (χ1n) is 5.38. The Kier molecular flexibility index (Phi) is 4.60. The molecule has 0 unspecified atom stereocenters. The van der Waals surface area contributed by atoms with Crippen LogP contribution < -0.4 is 5.73 Å². The van der Waals surface area contributed by atoms with Gasteiger partial charge in [0.1, 0.15) is 0 Å². The number of nitrogens with zero attached hydrogens (tertiary/aromatic N) is 1. The fourth-order valence-electron chi connectivity index (χ4n) is 1.61. The Labute approximate surface area is 86.5 Å². The summed E-state index contributed by atoms with van der Waals surface area (Å²) in [4.78, 5) is 4.36. The minimum absolute atomic E-state index is 0.422. The minimum Gasteiger partial charge on any atom is -0.330 e. The molecule has 0 fully saturated rings. The summed E-state index contributed by atoms with van der Waals surface area (Å²) in [5.41, 5.74) is 6.90.